The van der Waals surface area contributed by atoms with Crippen LogP contribution in [0.1, 0.15) is 162 Å². The molecule has 0 aliphatic rings. The summed E-state index contributed by atoms with van der Waals surface area (Å²) in [5.41, 5.74) is 0. The Morgan fingerprint density at radius 3 is 1.58 bits per heavy atom. The fourth-order valence-electron chi connectivity index (χ4n) is 5.72. The van der Waals surface area contributed by atoms with E-state index in [2.05, 4.69) is 38.2 Å². The van der Waals surface area contributed by atoms with Crippen molar-refractivity contribution in [3.05, 3.63) is 36.5 Å². The fraction of sp³-hybridized carbons (Fsp3) is 0.786. The van der Waals surface area contributed by atoms with Crippen molar-refractivity contribution >= 4 is 17.9 Å². The van der Waals surface area contributed by atoms with Crippen molar-refractivity contribution in [1.82, 2.24) is 0 Å². The molecule has 0 fully saturated rings. The minimum atomic E-state index is -1.14. The van der Waals surface area contributed by atoms with Crippen LogP contribution in [0.4, 0.5) is 0 Å². The first-order valence-electron chi connectivity index (χ1n) is 20.0. The first kappa shape index (κ1) is 47.5. The van der Waals surface area contributed by atoms with Crippen LogP contribution in [0.2, 0.25) is 0 Å². The van der Waals surface area contributed by atoms with E-state index in [1.54, 1.807) is 27.2 Å². The number of carboxylic acids is 1. The number of allylic oxidation sites excluding steroid dienone is 5. The van der Waals surface area contributed by atoms with Crippen molar-refractivity contribution in [2.24, 2.45) is 0 Å². The van der Waals surface area contributed by atoms with E-state index in [-0.39, 0.29) is 43.1 Å². The maximum absolute atomic E-state index is 12.6. The molecule has 0 spiro atoms. The molecular formula is C42H75NO7. The molecule has 8 heteroatoms. The second kappa shape index (κ2) is 33.7. The lowest BCUT2D eigenvalue weighted by molar-refractivity contribution is -0.889. The molecule has 0 aliphatic heterocycles. The van der Waals surface area contributed by atoms with E-state index in [4.69, 9.17) is 14.2 Å². The Hall–Kier alpha value is -2.45. The van der Waals surface area contributed by atoms with Crippen LogP contribution in [0.15, 0.2) is 36.5 Å². The molecule has 0 amide bonds. The number of hydrogen-bond acceptors (Lipinski definition) is 7. The lowest BCUT2D eigenvalue weighted by atomic mass is 10.0. The first-order chi connectivity index (χ1) is 24.1. The van der Waals surface area contributed by atoms with Gasteiger partial charge in [0, 0.05) is 12.8 Å². The maximum atomic E-state index is 12.6. The fourth-order valence-corrected chi connectivity index (χ4v) is 5.72. The standard InChI is InChI=1S/C42H75NO7/c1-6-8-10-12-14-16-17-18-19-20-21-22-23-25-27-29-31-33-41(45)50-38(36-48-35-34-39(42(46)47)43(3,4)5)37-49-40(44)32-30-28-26-24-15-13-11-9-7-2/h9,11,15,24,28,30,38-39H,6-8,10,12-14,16-23,25-27,29,31-37H2,1-5H3/b11-9+,24-15+,30-28+. The predicted molar refractivity (Wildman–Crippen MR) is 203 cm³/mol. The van der Waals surface area contributed by atoms with Crippen molar-refractivity contribution in [3.63, 3.8) is 0 Å². The van der Waals surface area contributed by atoms with Gasteiger partial charge in [0.05, 0.1) is 46.7 Å². The predicted octanol–water partition coefficient (Wildman–Crippen LogP) is 8.96. The lowest BCUT2D eigenvalue weighted by Crippen LogP contribution is -2.55. The molecule has 0 bridgehead atoms. The number of aliphatic carboxylic acids is 1. The quantitative estimate of drug-likeness (QED) is 0.0281. The Balaban J connectivity index is 4.38. The van der Waals surface area contributed by atoms with Gasteiger partial charge in [0.15, 0.2) is 6.10 Å². The number of carbonyl (C=O) groups is 3. The minimum absolute atomic E-state index is 0.0160. The summed E-state index contributed by atoms with van der Waals surface area (Å²) in [7, 11) is 5.37. The number of esters is 2. The van der Waals surface area contributed by atoms with E-state index in [9.17, 15) is 19.5 Å². The van der Waals surface area contributed by atoms with Crippen LogP contribution in [0, 0.1) is 0 Å². The summed E-state index contributed by atoms with van der Waals surface area (Å²) >= 11 is 0. The molecule has 0 N–H and O–H groups in total. The van der Waals surface area contributed by atoms with E-state index in [1.165, 1.54) is 89.9 Å². The van der Waals surface area contributed by atoms with Gasteiger partial charge >= 0.3 is 11.9 Å². The molecule has 0 radical (unpaired) electrons. The Bertz CT molecular complexity index is 922. The molecule has 0 rings (SSSR count). The highest BCUT2D eigenvalue weighted by Crippen LogP contribution is 2.15. The number of hydrogen-bond donors (Lipinski definition) is 0. The number of quaternary nitrogens is 1. The van der Waals surface area contributed by atoms with E-state index < -0.39 is 24.1 Å². The summed E-state index contributed by atoms with van der Waals surface area (Å²) in [6, 6.07) is -0.733. The highest BCUT2D eigenvalue weighted by molar-refractivity contribution is 5.71. The van der Waals surface area contributed by atoms with Crippen LogP contribution in [0.3, 0.4) is 0 Å². The zero-order valence-corrected chi connectivity index (χ0v) is 32.8. The van der Waals surface area contributed by atoms with Crippen LogP contribution >= 0.6 is 0 Å². The van der Waals surface area contributed by atoms with Gasteiger partial charge in [0.1, 0.15) is 12.6 Å². The molecule has 0 aliphatic carbocycles. The van der Waals surface area contributed by atoms with Gasteiger partial charge < -0.3 is 28.6 Å². The SMILES string of the molecule is CC/C=C/C/C=C/C/C=C/CC(=O)OCC(COCCC(C(=O)[O-])[N+](C)(C)C)OC(=O)CCCCCCCCCCCCCCCCCCC. The molecule has 50 heavy (non-hydrogen) atoms. The number of carbonyl (C=O) groups excluding carboxylic acids is 3. The topological polar surface area (TPSA) is 102 Å². The normalized spacial score (nSPS) is 13.4. The number of unbranched alkanes of at least 4 members (excludes halogenated alkanes) is 16. The lowest BCUT2D eigenvalue weighted by Gasteiger charge is -2.34. The van der Waals surface area contributed by atoms with Gasteiger partial charge in [-0.25, -0.2) is 0 Å². The molecule has 290 valence electrons. The third kappa shape index (κ3) is 31.5. The van der Waals surface area contributed by atoms with Gasteiger partial charge in [-0.1, -0.05) is 153 Å². The zero-order chi connectivity index (χ0) is 37.1. The first-order valence-corrected chi connectivity index (χ1v) is 20.0. The summed E-state index contributed by atoms with van der Waals surface area (Å²) < 4.78 is 17.0. The molecule has 0 saturated heterocycles. The highest BCUT2D eigenvalue weighted by atomic mass is 16.6. The Morgan fingerprint density at radius 1 is 0.620 bits per heavy atom. The molecule has 0 aromatic carbocycles. The molecule has 2 unspecified atom stereocenters. The molecule has 0 aromatic heterocycles. The van der Waals surface area contributed by atoms with Gasteiger partial charge in [-0.3, -0.25) is 9.59 Å². The van der Waals surface area contributed by atoms with Gasteiger partial charge in [0.2, 0.25) is 0 Å². The van der Waals surface area contributed by atoms with Crippen LogP contribution in [0.25, 0.3) is 0 Å². The molecule has 8 nitrogen and oxygen atoms in total. The van der Waals surface area contributed by atoms with Crippen LogP contribution in [0.5, 0.6) is 0 Å². The third-order valence-electron chi connectivity index (χ3n) is 8.82. The zero-order valence-electron chi connectivity index (χ0n) is 32.8. The van der Waals surface area contributed by atoms with E-state index >= 15 is 0 Å². The average Bonchev–Trinajstić information content (AvgIpc) is 3.06. The second-order valence-corrected chi connectivity index (χ2v) is 14.5. The smallest absolute Gasteiger partial charge is 0.309 e. The highest BCUT2D eigenvalue weighted by Gasteiger charge is 2.25. The molecule has 0 saturated carbocycles. The average molecular weight is 706 g/mol. The summed E-state index contributed by atoms with van der Waals surface area (Å²) in [6.07, 6.45) is 36.4. The van der Waals surface area contributed by atoms with Crippen LogP contribution in [-0.4, -0.2) is 75.5 Å². The maximum Gasteiger partial charge on any atom is 0.309 e. The Kier molecular flexibility index (Phi) is 32.0. The van der Waals surface area contributed by atoms with Crippen molar-refractivity contribution < 1.29 is 38.2 Å². The van der Waals surface area contributed by atoms with Crippen molar-refractivity contribution in [2.45, 2.75) is 174 Å². The van der Waals surface area contributed by atoms with E-state index in [0.29, 0.717) is 6.42 Å². The van der Waals surface area contributed by atoms with Gasteiger partial charge in [-0.15, -0.1) is 0 Å². The van der Waals surface area contributed by atoms with E-state index in [0.717, 1.165) is 38.5 Å². The summed E-state index contributed by atoms with van der Waals surface area (Å²) in [4.78, 5) is 36.6. The summed E-state index contributed by atoms with van der Waals surface area (Å²) in [6.45, 7) is 4.43. The molecule has 2 atom stereocenters. The summed E-state index contributed by atoms with van der Waals surface area (Å²) in [5, 5.41) is 11.6. The molecule has 0 aromatic rings. The van der Waals surface area contributed by atoms with Crippen LogP contribution in [-0.2, 0) is 28.6 Å². The summed E-state index contributed by atoms with van der Waals surface area (Å²) in [5.74, 6) is -1.88. The minimum Gasteiger partial charge on any atom is -0.544 e. The third-order valence-corrected chi connectivity index (χ3v) is 8.82. The van der Waals surface area contributed by atoms with Crippen molar-refractivity contribution in [3.8, 4) is 0 Å². The van der Waals surface area contributed by atoms with Crippen molar-refractivity contribution in [2.75, 3.05) is 41.0 Å². The van der Waals surface area contributed by atoms with Gasteiger partial charge in [0.25, 0.3) is 0 Å². The monoisotopic (exact) mass is 706 g/mol. The number of ether oxygens (including phenoxy) is 3. The Labute approximate surface area is 306 Å². The van der Waals surface area contributed by atoms with Crippen molar-refractivity contribution in [1.29, 1.82) is 0 Å². The molecule has 0 heterocycles. The Morgan fingerprint density at radius 2 is 1.10 bits per heavy atom. The van der Waals surface area contributed by atoms with Crippen LogP contribution < -0.4 is 5.11 Å². The van der Waals surface area contributed by atoms with E-state index in [1.807, 2.05) is 6.08 Å². The molecular weight excluding hydrogens is 630 g/mol. The number of likely N-dealkylation sites (N-methyl/N-ethyl adjacent to an activating group) is 1. The second-order valence-electron chi connectivity index (χ2n) is 14.5. The number of nitrogens with zero attached hydrogens (tertiary/aromatic N) is 1. The number of carboxylic acid groups (broad SMARTS) is 1. The largest absolute Gasteiger partial charge is 0.544 e. The number of rotatable bonds is 35. The van der Waals surface area contributed by atoms with Gasteiger partial charge in [-0.2, -0.15) is 0 Å². The van der Waals surface area contributed by atoms with Gasteiger partial charge in [-0.05, 0) is 25.7 Å².